The van der Waals surface area contributed by atoms with Gasteiger partial charge in [0.15, 0.2) is 5.75 Å². The fraction of sp³-hybridized carbons (Fsp3) is 0.350. The molecule has 1 aliphatic heterocycles. The number of carbonyl (C=O) groups excluding carboxylic acids is 2. The summed E-state index contributed by atoms with van der Waals surface area (Å²) in [6.45, 7) is 5.13. The van der Waals surface area contributed by atoms with Crippen LogP contribution >= 0.6 is 0 Å². The summed E-state index contributed by atoms with van der Waals surface area (Å²) in [6, 6.07) is 10.4. The lowest BCUT2D eigenvalue weighted by molar-refractivity contribution is -0.389. The smallest absolute Gasteiger partial charge is 0.366 e. The molecule has 2 aromatic rings. The first-order chi connectivity index (χ1) is 13.8. The van der Waals surface area contributed by atoms with E-state index in [1.54, 1.807) is 45.0 Å². The van der Waals surface area contributed by atoms with Crippen molar-refractivity contribution in [3.05, 3.63) is 58.1 Å². The zero-order chi connectivity index (χ0) is 21.1. The summed E-state index contributed by atoms with van der Waals surface area (Å²) in [5.74, 6) is -1.48. The van der Waals surface area contributed by atoms with Crippen LogP contribution in [0.4, 0.5) is 11.6 Å². The SMILES string of the molecule is CCC(C(=O)OC(C)C)N1C(=O)C(c2ccccc2)Oc2ccc([N+](=O)[O-])nc21. The highest BCUT2D eigenvalue weighted by Crippen LogP contribution is 2.40. The van der Waals surface area contributed by atoms with E-state index in [0.717, 1.165) is 4.90 Å². The molecule has 0 fully saturated rings. The van der Waals surface area contributed by atoms with Crippen LogP contribution in [-0.2, 0) is 14.3 Å². The molecular weight excluding hydrogens is 378 g/mol. The molecule has 1 amide bonds. The third-order valence-electron chi connectivity index (χ3n) is 4.37. The van der Waals surface area contributed by atoms with Crippen molar-refractivity contribution in [2.75, 3.05) is 4.90 Å². The minimum atomic E-state index is -1.01. The molecule has 0 radical (unpaired) electrons. The fourth-order valence-corrected chi connectivity index (χ4v) is 3.11. The van der Waals surface area contributed by atoms with Gasteiger partial charge in [0.25, 0.3) is 11.7 Å². The first-order valence-electron chi connectivity index (χ1n) is 9.24. The minimum Gasteiger partial charge on any atom is -0.469 e. The summed E-state index contributed by atoms with van der Waals surface area (Å²) in [7, 11) is 0. The third kappa shape index (κ3) is 4.03. The number of nitrogens with zero attached hydrogens (tertiary/aromatic N) is 3. The molecule has 1 aliphatic rings. The maximum Gasteiger partial charge on any atom is 0.366 e. The van der Waals surface area contributed by atoms with Gasteiger partial charge in [-0.3, -0.25) is 9.69 Å². The molecule has 2 heterocycles. The number of carbonyl (C=O) groups is 2. The van der Waals surface area contributed by atoms with Crippen LogP contribution < -0.4 is 9.64 Å². The second-order valence-corrected chi connectivity index (χ2v) is 6.77. The predicted octanol–water partition coefficient (Wildman–Crippen LogP) is 3.19. The maximum atomic E-state index is 13.3. The van der Waals surface area contributed by atoms with E-state index in [1.165, 1.54) is 12.1 Å². The number of esters is 1. The molecule has 2 atom stereocenters. The number of hydrogen-bond acceptors (Lipinski definition) is 7. The molecule has 9 heteroatoms. The zero-order valence-electron chi connectivity index (χ0n) is 16.3. The van der Waals surface area contributed by atoms with Crippen LogP contribution in [0.3, 0.4) is 0 Å². The van der Waals surface area contributed by atoms with Gasteiger partial charge < -0.3 is 19.6 Å². The molecule has 1 aromatic heterocycles. The van der Waals surface area contributed by atoms with Crippen LogP contribution in [0.15, 0.2) is 42.5 Å². The molecule has 0 saturated heterocycles. The molecule has 0 spiro atoms. The quantitative estimate of drug-likeness (QED) is 0.416. The van der Waals surface area contributed by atoms with Crippen LogP contribution in [0, 0.1) is 10.1 Å². The second kappa shape index (κ2) is 8.26. The van der Waals surface area contributed by atoms with Gasteiger partial charge in [-0.2, -0.15) is 0 Å². The van der Waals surface area contributed by atoms with Crippen molar-refractivity contribution in [1.29, 1.82) is 0 Å². The molecule has 152 valence electrons. The summed E-state index contributed by atoms with van der Waals surface area (Å²) in [5, 5.41) is 11.2. The number of fused-ring (bicyclic) bond motifs is 1. The number of benzene rings is 1. The number of pyridine rings is 1. The monoisotopic (exact) mass is 399 g/mol. The molecular formula is C20H21N3O6. The van der Waals surface area contributed by atoms with Crippen molar-refractivity contribution in [3.63, 3.8) is 0 Å². The average Bonchev–Trinajstić information content (AvgIpc) is 2.69. The highest BCUT2D eigenvalue weighted by molar-refractivity contribution is 6.04. The van der Waals surface area contributed by atoms with E-state index in [-0.39, 0.29) is 24.1 Å². The lowest BCUT2D eigenvalue weighted by Gasteiger charge is -2.35. The Bertz CT molecular complexity index is 931. The Morgan fingerprint density at radius 3 is 2.55 bits per heavy atom. The lowest BCUT2D eigenvalue weighted by Crippen LogP contribution is -2.51. The van der Waals surface area contributed by atoms with Gasteiger partial charge in [0.1, 0.15) is 6.04 Å². The van der Waals surface area contributed by atoms with E-state index in [9.17, 15) is 19.7 Å². The van der Waals surface area contributed by atoms with Gasteiger partial charge in [-0.15, -0.1) is 0 Å². The van der Waals surface area contributed by atoms with Crippen LogP contribution in [0.25, 0.3) is 0 Å². The average molecular weight is 399 g/mol. The molecule has 0 bridgehead atoms. The van der Waals surface area contributed by atoms with Crippen molar-refractivity contribution in [2.45, 2.75) is 45.4 Å². The summed E-state index contributed by atoms with van der Waals surface area (Å²) in [5.41, 5.74) is 0.596. The van der Waals surface area contributed by atoms with Crippen LogP contribution in [0.1, 0.15) is 38.9 Å². The highest BCUT2D eigenvalue weighted by atomic mass is 16.6. The van der Waals surface area contributed by atoms with Gasteiger partial charge in [-0.1, -0.05) is 37.3 Å². The number of rotatable bonds is 6. The van der Waals surface area contributed by atoms with E-state index >= 15 is 0 Å². The zero-order valence-corrected chi connectivity index (χ0v) is 16.3. The Kier molecular flexibility index (Phi) is 5.76. The summed E-state index contributed by atoms with van der Waals surface area (Å²) in [4.78, 5) is 41.7. The minimum absolute atomic E-state index is 0.0658. The molecule has 2 unspecified atom stereocenters. The number of anilines is 1. The number of ether oxygens (including phenoxy) is 2. The predicted molar refractivity (Wildman–Crippen MR) is 103 cm³/mol. The number of hydrogen-bond donors (Lipinski definition) is 0. The Hall–Kier alpha value is -3.49. The van der Waals surface area contributed by atoms with Crippen molar-refractivity contribution in [2.24, 2.45) is 0 Å². The van der Waals surface area contributed by atoms with Crippen LogP contribution in [0.5, 0.6) is 5.75 Å². The first-order valence-corrected chi connectivity index (χ1v) is 9.24. The Balaban J connectivity index is 2.12. The normalized spacial score (nSPS) is 16.8. The number of amides is 1. The van der Waals surface area contributed by atoms with Gasteiger partial charge in [0.05, 0.1) is 6.10 Å². The Morgan fingerprint density at radius 1 is 1.28 bits per heavy atom. The highest BCUT2D eigenvalue weighted by Gasteiger charge is 2.45. The van der Waals surface area contributed by atoms with Gasteiger partial charge in [-0.25, -0.2) is 4.79 Å². The summed E-state index contributed by atoms with van der Waals surface area (Å²) < 4.78 is 11.1. The number of aromatic nitrogens is 1. The largest absolute Gasteiger partial charge is 0.469 e. The second-order valence-electron chi connectivity index (χ2n) is 6.77. The van der Waals surface area contributed by atoms with Crippen molar-refractivity contribution >= 4 is 23.5 Å². The van der Waals surface area contributed by atoms with Crippen molar-refractivity contribution in [1.82, 2.24) is 4.98 Å². The maximum absolute atomic E-state index is 13.3. The standard InChI is InChI=1S/C20H21N3O6/c1-4-14(20(25)28-12(2)3)22-18-15(10-11-16(21-18)23(26)27)29-17(19(22)24)13-8-6-5-7-9-13/h5-12,14,17H,4H2,1-3H3. The van der Waals surface area contributed by atoms with E-state index in [2.05, 4.69) is 4.98 Å². The van der Waals surface area contributed by atoms with Gasteiger partial charge in [-0.05, 0) is 36.2 Å². The number of nitro groups is 1. The fourth-order valence-electron chi connectivity index (χ4n) is 3.11. The molecule has 1 aromatic carbocycles. The molecule has 9 nitrogen and oxygen atoms in total. The van der Waals surface area contributed by atoms with E-state index in [4.69, 9.17) is 9.47 Å². The van der Waals surface area contributed by atoms with Crippen LogP contribution in [0.2, 0.25) is 0 Å². The van der Waals surface area contributed by atoms with E-state index in [0.29, 0.717) is 5.56 Å². The topological polar surface area (TPSA) is 112 Å². The summed E-state index contributed by atoms with van der Waals surface area (Å²) in [6.07, 6.45) is -1.15. The van der Waals surface area contributed by atoms with Gasteiger partial charge >= 0.3 is 11.8 Å². The lowest BCUT2D eigenvalue weighted by atomic mass is 10.0. The first kappa shape index (κ1) is 20.2. The Morgan fingerprint density at radius 2 is 1.97 bits per heavy atom. The third-order valence-corrected chi connectivity index (χ3v) is 4.37. The van der Waals surface area contributed by atoms with Crippen molar-refractivity contribution < 1.29 is 24.0 Å². The van der Waals surface area contributed by atoms with Gasteiger partial charge in [0.2, 0.25) is 6.10 Å². The van der Waals surface area contributed by atoms with E-state index in [1.807, 2.05) is 6.07 Å². The van der Waals surface area contributed by atoms with E-state index < -0.39 is 34.8 Å². The molecule has 0 aliphatic carbocycles. The molecule has 0 saturated carbocycles. The van der Waals surface area contributed by atoms with Crippen LogP contribution in [-0.4, -0.2) is 33.9 Å². The molecule has 3 rings (SSSR count). The Labute approximate surface area is 167 Å². The summed E-state index contributed by atoms with van der Waals surface area (Å²) >= 11 is 0. The molecule has 29 heavy (non-hydrogen) atoms. The molecule has 0 N–H and O–H groups in total. The van der Waals surface area contributed by atoms with Crippen molar-refractivity contribution in [3.8, 4) is 5.75 Å². The van der Waals surface area contributed by atoms with Gasteiger partial charge in [0, 0.05) is 11.6 Å².